The molecule has 1 N–H and O–H groups in total. The standard InChI is InChI=1S/C16H20N2O3S/c1-4-18-12(3)11(2)17-16(18)22-10-9-21-14-7-5-13(6-8-14)15(19)20/h5-8H,4,9-10H2,1-3H3,(H,19,20). The maximum absolute atomic E-state index is 10.8. The number of benzene rings is 1. The minimum Gasteiger partial charge on any atom is -0.493 e. The first-order valence-electron chi connectivity index (χ1n) is 7.15. The lowest BCUT2D eigenvalue weighted by Crippen LogP contribution is -2.04. The van der Waals surface area contributed by atoms with E-state index in [0.717, 1.165) is 23.1 Å². The van der Waals surface area contributed by atoms with Gasteiger partial charge in [0.2, 0.25) is 0 Å². The Balaban J connectivity index is 1.84. The monoisotopic (exact) mass is 320 g/mol. The van der Waals surface area contributed by atoms with Crippen molar-refractivity contribution in [2.45, 2.75) is 32.5 Å². The molecule has 22 heavy (non-hydrogen) atoms. The van der Waals surface area contributed by atoms with Crippen molar-refractivity contribution in [1.82, 2.24) is 9.55 Å². The summed E-state index contributed by atoms with van der Waals surface area (Å²) in [6.45, 7) is 7.67. The van der Waals surface area contributed by atoms with Crippen molar-refractivity contribution < 1.29 is 14.6 Å². The van der Waals surface area contributed by atoms with E-state index in [4.69, 9.17) is 9.84 Å². The van der Waals surface area contributed by atoms with Gasteiger partial charge >= 0.3 is 5.97 Å². The molecule has 0 atom stereocenters. The van der Waals surface area contributed by atoms with Crippen LogP contribution in [0.3, 0.4) is 0 Å². The molecule has 0 aliphatic rings. The highest BCUT2D eigenvalue weighted by Crippen LogP contribution is 2.21. The average molecular weight is 320 g/mol. The lowest BCUT2D eigenvalue weighted by molar-refractivity contribution is 0.0697. The van der Waals surface area contributed by atoms with Gasteiger partial charge in [-0.05, 0) is 45.0 Å². The van der Waals surface area contributed by atoms with Gasteiger partial charge in [0.15, 0.2) is 5.16 Å². The number of rotatable bonds is 7. The second-order valence-electron chi connectivity index (χ2n) is 4.84. The predicted molar refractivity (Wildman–Crippen MR) is 87.0 cm³/mol. The van der Waals surface area contributed by atoms with Gasteiger partial charge < -0.3 is 14.4 Å². The number of carboxylic acid groups (broad SMARTS) is 1. The van der Waals surface area contributed by atoms with Gasteiger partial charge in [0.05, 0.1) is 17.9 Å². The molecule has 0 fully saturated rings. The van der Waals surface area contributed by atoms with Crippen LogP contribution in [0.4, 0.5) is 0 Å². The van der Waals surface area contributed by atoms with E-state index in [9.17, 15) is 4.79 Å². The number of aryl methyl sites for hydroxylation is 1. The van der Waals surface area contributed by atoms with Crippen molar-refractivity contribution in [2.75, 3.05) is 12.4 Å². The van der Waals surface area contributed by atoms with E-state index in [2.05, 4.69) is 23.4 Å². The molecule has 0 radical (unpaired) electrons. The molecule has 0 bridgehead atoms. The van der Waals surface area contributed by atoms with E-state index in [-0.39, 0.29) is 5.56 Å². The number of carbonyl (C=O) groups is 1. The summed E-state index contributed by atoms with van der Waals surface area (Å²) in [6, 6.07) is 6.44. The Morgan fingerprint density at radius 3 is 2.59 bits per heavy atom. The minimum absolute atomic E-state index is 0.262. The smallest absolute Gasteiger partial charge is 0.335 e. The third-order valence-corrected chi connectivity index (χ3v) is 4.36. The van der Waals surface area contributed by atoms with E-state index < -0.39 is 5.97 Å². The Bertz CT molecular complexity index is 650. The molecule has 0 amide bonds. The number of imidazole rings is 1. The van der Waals surface area contributed by atoms with Crippen LogP contribution in [0.2, 0.25) is 0 Å². The number of hydrogen-bond donors (Lipinski definition) is 1. The Kier molecular flexibility index (Phi) is 5.49. The summed E-state index contributed by atoms with van der Waals surface area (Å²) in [6.07, 6.45) is 0. The summed E-state index contributed by atoms with van der Waals surface area (Å²) in [4.78, 5) is 15.3. The second kappa shape index (κ2) is 7.35. The van der Waals surface area contributed by atoms with Gasteiger partial charge in [-0.2, -0.15) is 0 Å². The summed E-state index contributed by atoms with van der Waals surface area (Å²) in [5, 5.41) is 9.85. The fraction of sp³-hybridized carbons (Fsp3) is 0.375. The van der Waals surface area contributed by atoms with Crippen LogP contribution in [-0.2, 0) is 6.54 Å². The van der Waals surface area contributed by atoms with Crippen molar-refractivity contribution in [3.8, 4) is 5.75 Å². The Morgan fingerprint density at radius 1 is 1.32 bits per heavy atom. The molecule has 2 aromatic rings. The first kappa shape index (κ1) is 16.4. The average Bonchev–Trinajstić information content (AvgIpc) is 2.78. The molecule has 0 unspecified atom stereocenters. The van der Waals surface area contributed by atoms with Crippen LogP contribution < -0.4 is 4.74 Å². The molecule has 1 aromatic heterocycles. The maximum Gasteiger partial charge on any atom is 0.335 e. The summed E-state index contributed by atoms with van der Waals surface area (Å²) in [5.74, 6) is 0.535. The van der Waals surface area contributed by atoms with E-state index in [0.29, 0.717) is 12.4 Å². The molecule has 0 saturated heterocycles. The number of nitrogens with zero attached hydrogens (tertiary/aromatic N) is 2. The van der Waals surface area contributed by atoms with E-state index in [1.54, 1.807) is 36.0 Å². The fourth-order valence-corrected chi connectivity index (χ4v) is 3.06. The fourth-order valence-electron chi connectivity index (χ4n) is 2.09. The zero-order chi connectivity index (χ0) is 16.1. The lowest BCUT2D eigenvalue weighted by Gasteiger charge is -2.08. The number of aromatic carboxylic acids is 1. The van der Waals surface area contributed by atoms with Crippen LogP contribution in [0.5, 0.6) is 5.75 Å². The van der Waals surface area contributed by atoms with Crippen LogP contribution in [0.15, 0.2) is 29.4 Å². The summed E-state index contributed by atoms with van der Waals surface area (Å²) >= 11 is 1.67. The van der Waals surface area contributed by atoms with Crippen LogP contribution in [-0.4, -0.2) is 33.0 Å². The zero-order valence-electron chi connectivity index (χ0n) is 13.0. The highest BCUT2D eigenvalue weighted by molar-refractivity contribution is 7.99. The number of aromatic nitrogens is 2. The quantitative estimate of drug-likeness (QED) is 0.626. The summed E-state index contributed by atoms with van der Waals surface area (Å²) in [7, 11) is 0. The molecule has 6 heteroatoms. The highest BCUT2D eigenvalue weighted by Gasteiger charge is 2.10. The summed E-state index contributed by atoms with van der Waals surface area (Å²) in [5.41, 5.74) is 2.53. The third kappa shape index (κ3) is 3.82. The molecule has 0 saturated carbocycles. The van der Waals surface area contributed by atoms with E-state index in [1.165, 1.54) is 5.69 Å². The van der Waals surface area contributed by atoms with Crippen molar-refractivity contribution in [1.29, 1.82) is 0 Å². The first-order valence-corrected chi connectivity index (χ1v) is 8.14. The number of carboxylic acids is 1. The van der Waals surface area contributed by atoms with Gasteiger partial charge in [0.1, 0.15) is 5.75 Å². The molecule has 0 aliphatic carbocycles. The molecule has 0 spiro atoms. The minimum atomic E-state index is -0.931. The van der Waals surface area contributed by atoms with Crippen LogP contribution >= 0.6 is 11.8 Å². The van der Waals surface area contributed by atoms with Gasteiger partial charge in [-0.3, -0.25) is 0 Å². The van der Waals surface area contributed by atoms with Crippen molar-refractivity contribution >= 4 is 17.7 Å². The molecule has 118 valence electrons. The molecule has 2 rings (SSSR count). The lowest BCUT2D eigenvalue weighted by atomic mass is 10.2. The molecular weight excluding hydrogens is 300 g/mol. The molecular formula is C16H20N2O3S. The molecule has 1 heterocycles. The Morgan fingerprint density at radius 2 is 2.00 bits per heavy atom. The predicted octanol–water partition coefficient (Wildman–Crippen LogP) is 3.39. The molecule has 0 aliphatic heterocycles. The Labute approximate surface area is 134 Å². The van der Waals surface area contributed by atoms with Crippen LogP contribution in [0.25, 0.3) is 0 Å². The van der Waals surface area contributed by atoms with Crippen molar-refractivity contribution in [2.24, 2.45) is 0 Å². The molecule has 1 aromatic carbocycles. The third-order valence-electron chi connectivity index (χ3n) is 3.42. The SMILES string of the molecule is CCn1c(SCCOc2ccc(C(=O)O)cc2)nc(C)c1C. The largest absolute Gasteiger partial charge is 0.493 e. The van der Waals surface area contributed by atoms with Crippen LogP contribution in [0, 0.1) is 13.8 Å². The first-order chi connectivity index (χ1) is 10.5. The summed E-state index contributed by atoms with van der Waals surface area (Å²) < 4.78 is 7.82. The second-order valence-corrected chi connectivity index (χ2v) is 5.90. The zero-order valence-corrected chi connectivity index (χ0v) is 13.8. The Hall–Kier alpha value is -1.95. The van der Waals surface area contributed by atoms with Gasteiger partial charge in [-0.25, -0.2) is 9.78 Å². The maximum atomic E-state index is 10.8. The van der Waals surface area contributed by atoms with Crippen molar-refractivity contribution in [3.05, 3.63) is 41.2 Å². The topological polar surface area (TPSA) is 64.3 Å². The van der Waals surface area contributed by atoms with Gasteiger partial charge in [-0.15, -0.1) is 0 Å². The number of thioether (sulfide) groups is 1. The van der Waals surface area contributed by atoms with Gasteiger partial charge in [0, 0.05) is 18.0 Å². The number of hydrogen-bond acceptors (Lipinski definition) is 4. The van der Waals surface area contributed by atoms with E-state index >= 15 is 0 Å². The number of ether oxygens (including phenoxy) is 1. The van der Waals surface area contributed by atoms with Crippen LogP contribution in [0.1, 0.15) is 28.7 Å². The van der Waals surface area contributed by atoms with Gasteiger partial charge in [-0.1, -0.05) is 11.8 Å². The van der Waals surface area contributed by atoms with Crippen molar-refractivity contribution in [3.63, 3.8) is 0 Å². The normalized spacial score (nSPS) is 10.7. The highest BCUT2D eigenvalue weighted by atomic mass is 32.2. The van der Waals surface area contributed by atoms with Gasteiger partial charge in [0.25, 0.3) is 0 Å². The molecule has 5 nitrogen and oxygen atoms in total. The van der Waals surface area contributed by atoms with E-state index in [1.807, 2.05) is 6.92 Å².